The second-order valence-corrected chi connectivity index (χ2v) is 5.39. The van der Waals surface area contributed by atoms with Gasteiger partial charge in [-0.05, 0) is 24.6 Å². The van der Waals surface area contributed by atoms with Crippen molar-refractivity contribution >= 4 is 17.7 Å². The Morgan fingerprint density at radius 3 is 3.00 bits per heavy atom. The van der Waals surface area contributed by atoms with Crippen LogP contribution in [0.15, 0.2) is 34.9 Å². The highest BCUT2D eigenvalue weighted by Gasteiger charge is 2.16. The van der Waals surface area contributed by atoms with Crippen LogP contribution in [0.4, 0.5) is 4.39 Å². The van der Waals surface area contributed by atoms with E-state index in [1.54, 1.807) is 12.1 Å². The van der Waals surface area contributed by atoms with Gasteiger partial charge in [0.2, 0.25) is 5.89 Å². The molecule has 1 aromatic heterocycles. The van der Waals surface area contributed by atoms with Gasteiger partial charge < -0.3 is 9.52 Å². The molecule has 2 aromatic rings. The van der Waals surface area contributed by atoms with Gasteiger partial charge in [0.05, 0.1) is 5.69 Å². The van der Waals surface area contributed by atoms with E-state index in [0.29, 0.717) is 29.3 Å². The zero-order valence-corrected chi connectivity index (χ0v) is 11.7. The summed E-state index contributed by atoms with van der Waals surface area (Å²) in [5.74, 6) is -0.396. The fourth-order valence-electron chi connectivity index (χ4n) is 1.68. The van der Waals surface area contributed by atoms with E-state index in [4.69, 9.17) is 9.52 Å². The smallest absolute Gasteiger partial charge is 0.316 e. The summed E-state index contributed by atoms with van der Waals surface area (Å²) < 4.78 is 18.4. The minimum Gasteiger partial charge on any atom is -0.480 e. The average Bonchev–Trinajstić information content (AvgIpc) is 2.88. The Bertz CT molecular complexity index is 600. The van der Waals surface area contributed by atoms with Gasteiger partial charge in [0.25, 0.3) is 0 Å². The molecule has 1 unspecified atom stereocenters. The number of carbonyl (C=O) groups is 1. The van der Waals surface area contributed by atoms with Gasteiger partial charge in [-0.3, -0.25) is 4.79 Å². The number of thioether (sulfide) groups is 1. The number of carboxylic acid groups (broad SMARTS) is 1. The maximum absolute atomic E-state index is 13.1. The number of halogens is 1. The van der Waals surface area contributed by atoms with E-state index < -0.39 is 11.2 Å². The topological polar surface area (TPSA) is 63.3 Å². The highest BCUT2D eigenvalue weighted by Crippen LogP contribution is 2.24. The van der Waals surface area contributed by atoms with Crippen molar-refractivity contribution in [2.75, 3.05) is 0 Å². The molecule has 0 spiro atoms. The largest absolute Gasteiger partial charge is 0.480 e. The summed E-state index contributed by atoms with van der Waals surface area (Å²) in [6.07, 6.45) is 2.02. The van der Waals surface area contributed by atoms with Crippen LogP contribution in [0.2, 0.25) is 0 Å². The van der Waals surface area contributed by atoms with Crippen molar-refractivity contribution < 1.29 is 18.7 Å². The van der Waals surface area contributed by atoms with E-state index >= 15 is 0 Å². The van der Waals surface area contributed by atoms with Gasteiger partial charge in [-0.1, -0.05) is 13.0 Å². The van der Waals surface area contributed by atoms with E-state index in [0.717, 1.165) is 0 Å². The van der Waals surface area contributed by atoms with Crippen LogP contribution in [0.25, 0.3) is 11.5 Å². The lowest BCUT2D eigenvalue weighted by molar-refractivity contribution is -0.136. The van der Waals surface area contributed by atoms with E-state index in [9.17, 15) is 9.18 Å². The van der Waals surface area contributed by atoms with Crippen molar-refractivity contribution in [3.05, 3.63) is 42.0 Å². The summed E-state index contributed by atoms with van der Waals surface area (Å²) in [7, 11) is 0. The van der Waals surface area contributed by atoms with Gasteiger partial charge in [0.15, 0.2) is 0 Å². The number of rotatable bonds is 6. The number of oxazole rings is 1. The molecule has 0 saturated heterocycles. The lowest BCUT2D eigenvalue weighted by Gasteiger charge is -2.06. The van der Waals surface area contributed by atoms with Crippen molar-refractivity contribution in [2.24, 2.45) is 0 Å². The Morgan fingerprint density at radius 1 is 1.55 bits per heavy atom. The van der Waals surface area contributed by atoms with Crippen molar-refractivity contribution in [1.29, 1.82) is 0 Å². The van der Waals surface area contributed by atoms with Gasteiger partial charge in [-0.25, -0.2) is 9.37 Å². The molecule has 0 aliphatic carbocycles. The van der Waals surface area contributed by atoms with Crippen molar-refractivity contribution in [3.63, 3.8) is 0 Å². The molecule has 20 heavy (non-hydrogen) atoms. The van der Waals surface area contributed by atoms with Crippen LogP contribution >= 0.6 is 11.8 Å². The summed E-state index contributed by atoms with van der Waals surface area (Å²) in [6.45, 7) is 1.83. The number of aliphatic carboxylic acids is 1. The normalized spacial score (nSPS) is 12.3. The molecule has 0 saturated carbocycles. The maximum Gasteiger partial charge on any atom is 0.316 e. The molecule has 0 aliphatic rings. The Kier molecular flexibility index (Phi) is 4.79. The second-order valence-electron chi connectivity index (χ2n) is 4.20. The Balaban J connectivity index is 2.04. The van der Waals surface area contributed by atoms with Crippen LogP contribution in [-0.2, 0) is 10.5 Å². The van der Waals surface area contributed by atoms with E-state index in [-0.39, 0.29) is 5.82 Å². The summed E-state index contributed by atoms with van der Waals surface area (Å²) in [6, 6.07) is 5.98. The maximum atomic E-state index is 13.1. The number of nitrogens with zero attached hydrogens (tertiary/aromatic N) is 1. The number of benzene rings is 1. The zero-order chi connectivity index (χ0) is 14.5. The van der Waals surface area contributed by atoms with Crippen molar-refractivity contribution in [3.8, 4) is 11.5 Å². The third-order valence-electron chi connectivity index (χ3n) is 2.70. The highest BCUT2D eigenvalue weighted by atomic mass is 32.2. The van der Waals surface area contributed by atoms with Crippen molar-refractivity contribution in [1.82, 2.24) is 4.98 Å². The lowest BCUT2D eigenvalue weighted by Crippen LogP contribution is -2.15. The molecule has 0 radical (unpaired) electrons. The molecule has 106 valence electrons. The third-order valence-corrected chi connectivity index (χ3v) is 4.10. The molecule has 0 bridgehead atoms. The molecule has 0 aliphatic heterocycles. The summed E-state index contributed by atoms with van der Waals surface area (Å²) in [5.41, 5.74) is 1.21. The predicted octanol–water partition coefficient (Wildman–Crippen LogP) is 3.58. The first-order chi connectivity index (χ1) is 9.60. The minimum atomic E-state index is -0.827. The SMILES string of the molecule is CCC(SCc1coc(-c2cccc(F)c2)n1)C(=O)O. The molecule has 0 amide bonds. The average molecular weight is 295 g/mol. The highest BCUT2D eigenvalue weighted by molar-refractivity contribution is 7.99. The first-order valence-electron chi connectivity index (χ1n) is 6.15. The predicted molar refractivity (Wildman–Crippen MR) is 74.9 cm³/mol. The molecule has 1 heterocycles. The third kappa shape index (κ3) is 3.60. The molecule has 6 heteroatoms. The number of hydrogen-bond acceptors (Lipinski definition) is 4. The molecule has 2 rings (SSSR count). The van der Waals surface area contributed by atoms with Gasteiger partial charge in [-0.15, -0.1) is 11.8 Å². The molecule has 1 aromatic carbocycles. The van der Waals surface area contributed by atoms with Gasteiger partial charge >= 0.3 is 5.97 Å². The van der Waals surface area contributed by atoms with Crippen LogP contribution < -0.4 is 0 Å². The lowest BCUT2D eigenvalue weighted by atomic mass is 10.2. The van der Waals surface area contributed by atoms with E-state index in [1.165, 1.54) is 30.2 Å². The summed E-state index contributed by atoms with van der Waals surface area (Å²) in [5, 5.41) is 8.50. The van der Waals surface area contributed by atoms with Crippen LogP contribution in [0.1, 0.15) is 19.0 Å². The number of hydrogen-bond donors (Lipinski definition) is 1. The van der Waals surface area contributed by atoms with Crippen molar-refractivity contribution in [2.45, 2.75) is 24.3 Å². The van der Waals surface area contributed by atoms with E-state index in [1.807, 2.05) is 6.92 Å². The molecular weight excluding hydrogens is 281 g/mol. The van der Waals surface area contributed by atoms with Crippen LogP contribution in [0, 0.1) is 5.82 Å². The quantitative estimate of drug-likeness (QED) is 0.882. The first-order valence-corrected chi connectivity index (χ1v) is 7.19. The monoisotopic (exact) mass is 295 g/mol. The number of carboxylic acids is 1. The number of aromatic nitrogens is 1. The molecule has 1 N–H and O–H groups in total. The van der Waals surface area contributed by atoms with Crippen LogP contribution in [0.3, 0.4) is 0 Å². The molecule has 4 nitrogen and oxygen atoms in total. The van der Waals surface area contributed by atoms with E-state index in [2.05, 4.69) is 4.98 Å². The molecule has 0 fully saturated rings. The Morgan fingerprint density at radius 2 is 2.35 bits per heavy atom. The van der Waals surface area contributed by atoms with Crippen LogP contribution in [-0.4, -0.2) is 21.3 Å². The fraction of sp³-hybridized carbons (Fsp3) is 0.286. The van der Waals surface area contributed by atoms with Gasteiger partial charge in [0, 0.05) is 11.3 Å². The first kappa shape index (κ1) is 14.6. The second kappa shape index (κ2) is 6.56. The summed E-state index contributed by atoms with van der Waals surface area (Å²) >= 11 is 1.30. The van der Waals surface area contributed by atoms with Gasteiger partial charge in [0.1, 0.15) is 17.3 Å². The Hall–Kier alpha value is -1.82. The van der Waals surface area contributed by atoms with Gasteiger partial charge in [-0.2, -0.15) is 0 Å². The molecule has 1 atom stereocenters. The standard InChI is InChI=1S/C14H14FNO3S/c1-2-12(14(17)18)20-8-11-7-19-13(16-11)9-4-3-5-10(15)6-9/h3-7,12H,2,8H2,1H3,(H,17,18). The molecular formula is C14H14FNO3S. The van der Waals surface area contributed by atoms with Crippen LogP contribution in [0.5, 0.6) is 0 Å². The summed E-state index contributed by atoms with van der Waals surface area (Å²) in [4.78, 5) is 15.1. The zero-order valence-electron chi connectivity index (χ0n) is 10.9. The Labute approximate surface area is 120 Å². The minimum absolute atomic E-state index is 0.337. The fourth-order valence-corrected chi connectivity index (χ4v) is 2.56.